The van der Waals surface area contributed by atoms with Gasteiger partial charge in [0.15, 0.2) is 0 Å². The third-order valence-corrected chi connectivity index (χ3v) is 4.74. The van der Waals surface area contributed by atoms with Gasteiger partial charge >= 0.3 is 6.18 Å². The summed E-state index contributed by atoms with van der Waals surface area (Å²) >= 11 is 0. The zero-order chi connectivity index (χ0) is 22.3. The van der Waals surface area contributed by atoms with Gasteiger partial charge in [-0.2, -0.15) is 13.2 Å². The summed E-state index contributed by atoms with van der Waals surface area (Å²) in [6, 6.07) is 10.1. The molecule has 31 heavy (non-hydrogen) atoms. The first-order valence-corrected chi connectivity index (χ1v) is 9.20. The van der Waals surface area contributed by atoms with E-state index in [1.54, 1.807) is 43.3 Å². The molecule has 160 valence electrons. The summed E-state index contributed by atoms with van der Waals surface area (Å²) in [4.78, 5) is 31.1. The highest BCUT2D eigenvalue weighted by Crippen LogP contribution is 2.35. The summed E-state index contributed by atoms with van der Waals surface area (Å²) < 4.78 is 45.9. The van der Waals surface area contributed by atoms with Crippen molar-refractivity contribution in [2.24, 2.45) is 0 Å². The molecule has 0 bridgehead atoms. The number of carbonyl (C=O) groups excluding carboxylic acids is 1. The zero-order valence-corrected chi connectivity index (χ0v) is 16.5. The molecule has 0 saturated carbocycles. The number of alkyl halides is 3. The largest absolute Gasteiger partial charge is 0.448 e. The van der Waals surface area contributed by atoms with Crippen molar-refractivity contribution in [2.75, 3.05) is 24.3 Å². The molecule has 2 aromatic carbocycles. The van der Waals surface area contributed by atoms with Crippen LogP contribution >= 0.6 is 0 Å². The fourth-order valence-corrected chi connectivity index (χ4v) is 3.27. The van der Waals surface area contributed by atoms with Crippen LogP contribution in [0.1, 0.15) is 5.56 Å². The van der Waals surface area contributed by atoms with Gasteiger partial charge in [0, 0.05) is 19.5 Å². The molecule has 0 saturated heterocycles. The predicted octanol–water partition coefficient (Wildman–Crippen LogP) is 3.87. The van der Waals surface area contributed by atoms with Crippen LogP contribution in [-0.4, -0.2) is 29.6 Å². The van der Waals surface area contributed by atoms with Crippen molar-refractivity contribution in [3.63, 3.8) is 0 Å². The SMILES string of the molecule is CN(C)c1ccc(C(F)(F)F)cc1NC(=O)Cn1cnc2c(oc3ccccc32)c1=O. The minimum atomic E-state index is -4.56. The molecule has 1 amide bonds. The Morgan fingerprint density at radius 2 is 1.94 bits per heavy atom. The van der Waals surface area contributed by atoms with Crippen LogP contribution in [0.2, 0.25) is 0 Å². The predicted molar refractivity (Wildman–Crippen MR) is 110 cm³/mol. The normalized spacial score (nSPS) is 11.8. The number of furan rings is 1. The molecule has 0 aliphatic rings. The number of benzene rings is 2. The van der Waals surface area contributed by atoms with E-state index in [1.165, 1.54) is 12.4 Å². The maximum atomic E-state index is 13.1. The van der Waals surface area contributed by atoms with Crippen molar-refractivity contribution in [1.82, 2.24) is 9.55 Å². The Bertz CT molecular complexity index is 1360. The number of hydrogen-bond acceptors (Lipinski definition) is 5. The average Bonchev–Trinajstić information content (AvgIpc) is 3.09. The number of hydrogen-bond donors (Lipinski definition) is 1. The maximum absolute atomic E-state index is 13.1. The van der Waals surface area contributed by atoms with Crippen molar-refractivity contribution in [2.45, 2.75) is 12.7 Å². The van der Waals surface area contributed by atoms with E-state index in [1.807, 2.05) is 0 Å². The summed E-state index contributed by atoms with van der Waals surface area (Å²) in [5.74, 6) is -0.679. The smallest absolute Gasteiger partial charge is 0.416 e. The summed E-state index contributed by atoms with van der Waals surface area (Å²) in [5, 5.41) is 3.13. The van der Waals surface area contributed by atoms with Gasteiger partial charge in [-0.05, 0) is 30.3 Å². The molecule has 10 heteroatoms. The average molecular weight is 430 g/mol. The van der Waals surface area contributed by atoms with E-state index in [9.17, 15) is 22.8 Å². The van der Waals surface area contributed by atoms with Crippen molar-refractivity contribution in [1.29, 1.82) is 0 Å². The van der Waals surface area contributed by atoms with Crippen molar-refractivity contribution in [3.05, 3.63) is 64.7 Å². The molecule has 4 aromatic rings. The molecule has 0 spiro atoms. The third-order valence-electron chi connectivity index (χ3n) is 4.74. The Hall–Kier alpha value is -3.82. The third kappa shape index (κ3) is 3.83. The van der Waals surface area contributed by atoms with Gasteiger partial charge < -0.3 is 14.6 Å². The molecular weight excluding hydrogens is 413 g/mol. The van der Waals surface area contributed by atoms with Crippen LogP contribution in [0.15, 0.2) is 58.0 Å². The number of anilines is 2. The molecule has 0 fully saturated rings. The van der Waals surface area contributed by atoms with Gasteiger partial charge in [0.2, 0.25) is 11.5 Å². The molecule has 2 heterocycles. The summed E-state index contributed by atoms with van der Waals surface area (Å²) in [7, 11) is 3.28. The lowest BCUT2D eigenvalue weighted by atomic mass is 10.1. The minimum absolute atomic E-state index is 0.00421. The number of nitrogens with one attached hydrogen (secondary N) is 1. The van der Waals surface area contributed by atoms with E-state index in [4.69, 9.17) is 4.42 Å². The number of halogens is 3. The number of fused-ring (bicyclic) bond motifs is 3. The fourth-order valence-electron chi connectivity index (χ4n) is 3.27. The summed E-state index contributed by atoms with van der Waals surface area (Å²) in [6.07, 6.45) is -3.34. The van der Waals surface area contributed by atoms with Gasteiger partial charge in [-0.1, -0.05) is 12.1 Å². The first-order valence-electron chi connectivity index (χ1n) is 9.20. The van der Waals surface area contributed by atoms with Gasteiger partial charge in [0.25, 0.3) is 5.56 Å². The van der Waals surface area contributed by atoms with Crippen LogP contribution in [0, 0.1) is 0 Å². The number of amides is 1. The molecular formula is C21H17F3N4O3. The molecule has 0 atom stereocenters. The monoisotopic (exact) mass is 430 g/mol. The first-order chi connectivity index (χ1) is 14.6. The van der Waals surface area contributed by atoms with Crippen LogP contribution in [0.5, 0.6) is 0 Å². The van der Waals surface area contributed by atoms with E-state index in [0.717, 1.165) is 16.7 Å². The van der Waals surface area contributed by atoms with Crippen molar-refractivity contribution >= 4 is 39.4 Å². The lowest BCUT2D eigenvalue weighted by Crippen LogP contribution is -2.28. The molecule has 0 aliphatic heterocycles. The second-order valence-electron chi connectivity index (χ2n) is 7.13. The number of para-hydroxylation sites is 1. The van der Waals surface area contributed by atoms with Gasteiger partial charge in [-0.3, -0.25) is 14.2 Å². The van der Waals surface area contributed by atoms with E-state index >= 15 is 0 Å². The molecule has 0 radical (unpaired) electrons. The van der Waals surface area contributed by atoms with Crippen molar-refractivity contribution in [3.8, 4) is 0 Å². The number of nitrogens with zero attached hydrogens (tertiary/aromatic N) is 3. The van der Waals surface area contributed by atoms with Gasteiger partial charge in [0.1, 0.15) is 17.6 Å². The fraction of sp³-hybridized carbons (Fsp3) is 0.190. The van der Waals surface area contributed by atoms with Crippen LogP contribution < -0.4 is 15.8 Å². The van der Waals surface area contributed by atoms with E-state index < -0.39 is 29.8 Å². The number of rotatable bonds is 4. The Morgan fingerprint density at radius 3 is 2.65 bits per heavy atom. The molecule has 4 rings (SSSR count). The lowest BCUT2D eigenvalue weighted by molar-refractivity contribution is -0.137. The molecule has 0 unspecified atom stereocenters. The topological polar surface area (TPSA) is 80.4 Å². The second-order valence-corrected chi connectivity index (χ2v) is 7.13. The Morgan fingerprint density at radius 1 is 1.19 bits per heavy atom. The standard InChI is InChI=1S/C21H17F3N4O3/c1-27(2)15-8-7-12(21(22,23)24)9-14(15)26-17(29)10-28-11-25-18-13-5-3-4-6-16(13)31-19(18)20(28)30/h3-9,11H,10H2,1-2H3,(H,26,29). The second kappa shape index (κ2) is 7.46. The number of carbonyl (C=O) groups is 1. The first kappa shape index (κ1) is 20.5. The van der Waals surface area contributed by atoms with Gasteiger partial charge in [-0.15, -0.1) is 0 Å². The maximum Gasteiger partial charge on any atom is 0.416 e. The van der Waals surface area contributed by atoms with Gasteiger partial charge in [-0.25, -0.2) is 4.98 Å². The van der Waals surface area contributed by atoms with Crippen LogP contribution in [0.25, 0.3) is 22.1 Å². The highest BCUT2D eigenvalue weighted by molar-refractivity contribution is 6.02. The zero-order valence-electron chi connectivity index (χ0n) is 16.5. The van der Waals surface area contributed by atoms with Gasteiger partial charge in [0.05, 0.1) is 23.3 Å². The molecule has 0 aliphatic carbocycles. The Kier molecular flexibility index (Phi) is 4.92. The van der Waals surface area contributed by atoms with E-state index in [-0.39, 0.29) is 11.3 Å². The van der Waals surface area contributed by atoms with E-state index in [2.05, 4.69) is 10.3 Å². The highest BCUT2D eigenvalue weighted by atomic mass is 19.4. The Balaban J connectivity index is 1.65. The van der Waals surface area contributed by atoms with Crippen molar-refractivity contribution < 1.29 is 22.4 Å². The molecule has 2 aromatic heterocycles. The quantitative estimate of drug-likeness (QED) is 0.532. The lowest BCUT2D eigenvalue weighted by Gasteiger charge is -2.20. The summed E-state index contributed by atoms with van der Waals surface area (Å²) in [5.41, 5.74) is -0.210. The minimum Gasteiger partial charge on any atom is -0.448 e. The summed E-state index contributed by atoms with van der Waals surface area (Å²) in [6.45, 7) is -0.443. The van der Waals surface area contributed by atoms with Crippen LogP contribution in [0.3, 0.4) is 0 Å². The Labute approximate surface area is 173 Å². The van der Waals surface area contributed by atoms with Crippen LogP contribution in [0.4, 0.5) is 24.5 Å². The van der Waals surface area contributed by atoms with E-state index in [0.29, 0.717) is 22.2 Å². The molecule has 1 N–H and O–H groups in total. The highest BCUT2D eigenvalue weighted by Gasteiger charge is 2.31. The molecule has 7 nitrogen and oxygen atoms in total. The number of aromatic nitrogens is 2. The van der Waals surface area contributed by atoms with Crippen LogP contribution in [-0.2, 0) is 17.5 Å².